The molecule has 4 heteroatoms. The lowest BCUT2D eigenvalue weighted by atomic mass is 10.1. The molecule has 2 aromatic rings. The highest BCUT2D eigenvalue weighted by molar-refractivity contribution is 5.84. The minimum atomic E-state index is -0.606. The highest BCUT2D eigenvalue weighted by Crippen LogP contribution is 2.38. The van der Waals surface area contributed by atoms with Gasteiger partial charge in [0, 0.05) is 12.1 Å². The van der Waals surface area contributed by atoms with Gasteiger partial charge in [-0.25, -0.2) is 0 Å². The van der Waals surface area contributed by atoms with E-state index in [4.69, 9.17) is 10.00 Å². The average Bonchev–Trinajstić information content (AvgIpc) is 2.91. The summed E-state index contributed by atoms with van der Waals surface area (Å²) in [5.74, 6) is -0.0877. The number of hydrogen-bond acceptors (Lipinski definition) is 3. The fraction of sp³-hybridized carbons (Fsp3) is 0.222. The summed E-state index contributed by atoms with van der Waals surface area (Å²) >= 11 is 0. The fourth-order valence-electron chi connectivity index (χ4n) is 2.65. The van der Waals surface area contributed by atoms with Gasteiger partial charge in [0.2, 0.25) is 0 Å². The van der Waals surface area contributed by atoms with Gasteiger partial charge in [-0.2, -0.15) is 5.26 Å². The highest BCUT2D eigenvalue weighted by atomic mass is 16.5. The fourth-order valence-corrected chi connectivity index (χ4v) is 2.65. The van der Waals surface area contributed by atoms with Crippen LogP contribution >= 0.6 is 0 Å². The standard InChI is InChI=1S/C18H16N2O2/c19-12-7-13-20-17(21)16(14-8-3-1-4-9-14)22-18(20)15-10-5-2-6-11-15/h1-6,8-11,16,18H,7,13H2. The van der Waals surface area contributed by atoms with Gasteiger partial charge < -0.3 is 9.64 Å². The Kier molecular flexibility index (Phi) is 4.17. The van der Waals surface area contributed by atoms with Gasteiger partial charge in [-0.3, -0.25) is 4.79 Å². The van der Waals surface area contributed by atoms with Gasteiger partial charge in [-0.05, 0) is 5.56 Å². The van der Waals surface area contributed by atoms with Gasteiger partial charge in [-0.15, -0.1) is 0 Å². The van der Waals surface area contributed by atoms with E-state index in [0.717, 1.165) is 11.1 Å². The summed E-state index contributed by atoms with van der Waals surface area (Å²) in [7, 11) is 0. The predicted molar refractivity (Wildman–Crippen MR) is 81.4 cm³/mol. The molecule has 22 heavy (non-hydrogen) atoms. The largest absolute Gasteiger partial charge is 0.336 e. The van der Waals surface area contributed by atoms with Crippen LogP contribution in [0.2, 0.25) is 0 Å². The van der Waals surface area contributed by atoms with Crippen LogP contribution in [0.5, 0.6) is 0 Å². The van der Waals surface area contributed by atoms with E-state index in [1.54, 1.807) is 4.90 Å². The van der Waals surface area contributed by atoms with Crippen LogP contribution in [0.1, 0.15) is 29.9 Å². The average molecular weight is 292 g/mol. The van der Waals surface area contributed by atoms with Gasteiger partial charge in [0.25, 0.3) is 5.91 Å². The third-order valence-electron chi connectivity index (χ3n) is 3.71. The van der Waals surface area contributed by atoms with Crippen LogP contribution < -0.4 is 0 Å². The molecule has 3 rings (SSSR count). The minimum absolute atomic E-state index is 0.0877. The molecule has 1 heterocycles. The van der Waals surface area contributed by atoms with Crippen molar-refractivity contribution in [2.24, 2.45) is 0 Å². The zero-order chi connectivity index (χ0) is 15.4. The zero-order valence-corrected chi connectivity index (χ0v) is 12.1. The molecule has 0 N–H and O–H groups in total. The molecule has 110 valence electrons. The van der Waals surface area contributed by atoms with E-state index < -0.39 is 12.3 Å². The van der Waals surface area contributed by atoms with E-state index in [-0.39, 0.29) is 5.91 Å². The minimum Gasteiger partial charge on any atom is -0.336 e. The number of nitriles is 1. The summed E-state index contributed by atoms with van der Waals surface area (Å²) in [6.45, 7) is 0.373. The van der Waals surface area contributed by atoms with Crippen molar-refractivity contribution in [2.75, 3.05) is 6.54 Å². The Hall–Kier alpha value is -2.64. The maximum atomic E-state index is 12.7. The highest BCUT2D eigenvalue weighted by Gasteiger charge is 2.41. The normalized spacial score (nSPS) is 20.9. The molecular formula is C18H16N2O2. The van der Waals surface area contributed by atoms with Crippen molar-refractivity contribution in [3.63, 3.8) is 0 Å². The summed E-state index contributed by atoms with van der Waals surface area (Å²) in [4.78, 5) is 14.3. The molecule has 0 spiro atoms. The summed E-state index contributed by atoms with van der Waals surface area (Å²) in [5, 5.41) is 8.82. The van der Waals surface area contributed by atoms with Crippen LogP contribution in [-0.4, -0.2) is 17.4 Å². The van der Waals surface area contributed by atoms with Crippen molar-refractivity contribution in [3.8, 4) is 6.07 Å². The summed E-state index contributed by atoms with van der Waals surface area (Å²) < 4.78 is 6.02. The lowest BCUT2D eigenvalue weighted by Crippen LogP contribution is -2.30. The smallest absolute Gasteiger partial charge is 0.258 e. The molecule has 1 amide bonds. The number of carbonyl (C=O) groups excluding carboxylic acids is 1. The van der Waals surface area contributed by atoms with Gasteiger partial charge >= 0.3 is 0 Å². The molecule has 0 bridgehead atoms. The van der Waals surface area contributed by atoms with Crippen molar-refractivity contribution in [1.82, 2.24) is 4.90 Å². The van der Waals surface area contributed by atoms with Gasteiger partial charge in [-0.1, -0.05) is 60.7 Å². The van der Waals surface area contributed by atoms with Crippen molar-refractivity contribution < 1.29 is 9.53 Å². The number of rotatable bonds is 4. The second kappa shape index (κ2) is 6.42. The molecule has 1 saturated heterocycles. The van der Waals surface area contributed by atoms with Gasteiger partial charge in [0.15, 0.2) is 12.3 Å². The van der Waals surface area contributed by atoms with Crippen molar-refractivity contribution in [2.45, 2.75) is 18.8 Å². The van der Waals surface area contributed by atoms with E-state index in [0.29, 0.717) is 13.0 Å². The first-order chi connectivity index (χ1) is 10.8. The molecule has 2 unspecified atom stereocenters. The quantitative estimate of drug-likeness (QED) is 0.869. The molecule has 1 aliphatic heterocycles. The lowest BCUT2D eigenvalue weighted by molar-refractivity contribution is -0.130. The van der Waals surface area contributed by atoms with Crippen LogP contribution in [0, 0.1) is 11.3 Å². The molecule has 0 aliphatic carbocycles. The number of amides is 1. The third-order valence-corrected chi connectivity index (χ3v) is 3.71. The number of ether oxygens (including phenoxy) is 1. The van der Waals surface area contributed by atoms with Crippen LogP contribution in [0.15, 0.2) is 60.7 Å². The van der Waals surface area contributed by atoms with Crippen LogP contribution in [0.4, 0.5) is 0 Å². The molecule has 0 aromatic heterocycles. The van der Waals surface area contributed by atoms with E-state index in [9.17, 15) is 4.79 Å². The third kappa shape index (κ3) is 2.72. The van der Waals surface area contributed by atoms with Crippen LogP contribution in [0.3, 0.4) is 0 Å². The van der Waals surface area contributed by atoms with E-state index in [1.807, 2.05) is 60.7 Å². The molecule has 4 nitrogen and oxygen atoms in total. The Balaban J connectivity index is 1.91. The zero-order valence-electron chi connectivity index (χ0n) is 12.1. The maximum Gasteiger partial charge on any atom is 0.258 e. The Labute approximate surface area is 129 Å². The first-order valence-corrected chi connectivity index (χ1v) is 7.24. The first-order valence-electron chi connectivity index (χ1n) is 7.24. The van der Waals surface area contributed by atoms with E-state index in [1.165, 1.54) is 0 Å². The Morgan fingerprint density at radius 1 is 1.00 bits per heavy atom. The molecular weight excluding hydrogens is 276 g/mol. The van der Waals surface area contributed by atoms with Crippen LogP contribution in [0.25, 0.3) is 0 Å². The Morgan fingerprint density at radius 2 is 1.59 bits per heavy atom. The van der Waals surface area contributed by atoms with Gasteiger partial charge in [0.05, 0.1) is 12.5 Å². The number of hydrogen-bond donors (Lipinski definition) is 0. The predicted octanol–water partition coefficient (Wildman–Crippen LogP) is 3.20. The molecule has 2 atom stereocenters. The summed E-state index contributed by atoms with van der Waals surface area (Å²) in [6.07, 6.45) is -0.753. The monoisotopic (exact) mass is 292 g/mol. The molecule has 2 aromatic carbocycles. The Morgan fingerprint density at radius 3 is 2.18 bits per heavy atom. The van der Waals surface area contributed by atoms with Crippen molar-refractivity contribution in [3.05, 3.63) is 71.8 Å². The Bertz CT molecular complexity index is 679. The SMILES string of the molecule is N#CCCN1C(=O)C(c2ccccc2)OC1c1ccccc1. The second-order valence-corrected chi connectivity index (χ2v) is 5.13. The molecule has 0 saturated carbocycles. The lowest BCUT2D eigenvalue weighted by Gasteiger charge is -2.22. The second-order valence-electron chi connectivity index (χ2n) is 5.13. The van der Waals surface area contributed by atoms with Crippen LogP contribution in [-0.2, 0) is 9.53 Å². The molecule has 0 radical (unpaired) electrons. The van der Waals surface area contributed by atoms with Gasteiger partial charge in [0.1, 0.15) is 0 Å². The number of benzene rings is 2. The molecule has 1 aliphatic rings. The summed E-state index contributed by atoms with van der Waals surface area (Å²) in [5.41, 5.74) is 1.76. The maximum absolute atomic E-state index is 12.7. The first kappa shape index (κ1) is 14.3. The molecule has 1 fully saturated rings. The number of carbonyl (C=O) groups is 1. The van der Waals surface area contributed by atoms with E-state index in [2.05, 4.69) is 6.07 Å². The topological polar surface area (TPSA) is 53.3 Å². The van der Waals surface area contributed by atoms with Crippen molar-refractivity contribution in [1.29, 1.82) is 5.26 Å². The van der Waals surface area contributed by atoms with Crippen molar-refractivity contribution >= 4 is 5.91 Å². The number of nitrogens with zero attached hydrogens (tertiary/aromatic N) is 2. The summed E-state index contributed by atoms with van der Waals surface area (Å²) in [6, 6.07) is 21.2. The van der Waals surface area contributed by atoms with E-state index >= 15 is 0 Å².